The minimum Gasteiger partial charge on any atom is -0.497 e. The Hall–Kier alpha value is -4.05. The molecule has 0 unspecified atom stereocenters. The number of nitrogens with zero attached hydrogens (tertiary/aromatic N) is 2. The van der Waals surface area contributed by atoms with Gasteiger partial charge in [-0.1, -0.05) is 12.1 Å². The second kappa shape index (κ2) is 8.56. The van der Waals surface area contributed by atoms with E-state index in [4.69, 9.17) is 9.47 Å². The number of amides is 1. The van der Waals surface area contributed by atoms with E-state index < -0.39 is 5.91 Å². The quantitative estimate of drug-likeness (QED) is 0.507. The number of hydrogen-bond acceptors (Lipinski definition) is 5. The van der Waals surface area contributed by atoms with Crippen molar-refractivity contribution in [3.8, 4) is 28.8 Å². The highest BCUT2D eigenvalue weighted by atomic mass is 16.5. The average Bonchev–Trinajstić information content (AvgIpc) is 3.20. The van der Waals surface area contributed by atoms with Crippen molar-refractivity contribution in [3.63, 3.8) is 0 Å². The van der Waals surface area contributed by atoms with Crippen LogP contribution in [0, 0.1) is 11.3 Å². The fourth-order valence-corrected chi connectivity index (χ4v) is 2.64. The van der Waals surface area contributed by atoms with Gasteiger partial charge in [-0.15, -0.1) is 0 Å². The molecule has 0 saturated carbocycles. The van der Waals surface area contributed by atoms with Gasteiger partial charge in [-0.2, -0.15) is 10.4 Å². The first-order chi connectivity index (χ1) is 13.7. The minimum absolute atomic E-state index is 0.0536. The molecule has 140 valence electrons. The van der Waals surface area contributed by atoms with Crippen LogP contribution in [0.1, 0.15) is 5.56 Å². The van der Waals surface area contributed by atoms with Crippen LogP contribution in [0.2, 0.25) is 0 Å². The van der Waals surface area contributed by atoms with E-state index in [9.17, 15) is 10.1 Å². The molecule has 28 heavy (non-hydrogen) atoms. The van der Waals surface area contributed by atoms with E-state index >= 15 is 0 Å². The van der Waals surface area contributed by atoms with Gasteiger partial charge in [0.2, 0.25) is 0 Å². The predicted octanol–water partition coefficient (Wildman–Crippen LogP) is 3.64. The van der Waals surface area contributed by atoms with Gasteiger partial charge in [-0.3, -0.25) is 9.89 Å². The normalized spacial score (nSPS) is 10.8. The SMILES string of the molecule is COc1ccc(-c2[nH]ncc2/C=C(\C#N)C(=O)Nc2ccccc2OC)cc1. The largest absolute Gasteiger partial charge is 0.497 e. The molecule has 0 aliphatic carbocycles. The van der Waals surface area contributed by atoms with Crippen LogP contribution >= 0.6 is 0 Å². The lowest BCUT2D eigenvalue weighted by molar-refractivity contribution is -0.112. The molecule has 0 aliphatic heterocycles. The molecule has 0 fully saturated rings. The van der Waals surface area contributed by atoms with Crippen molar-refractivity contribution in [2.45, 2.75) is 0 Å². The number of nitriles is 1. The highest BCUT2D eigenvalue weighted by Gasteiger charge is 2.14. The maximum Gasteiger partial charge on any atom is 0.266 e. The lowest BCUT2D eigenvalue weighted by atomic mass is 10.1. The standard InChI is InChI=1S/C21H18N4O3/c1-27-17-9-7-14(8-10-17)20-16(13-23-25-20)11-15(12-22)21(26)24-18-5-3-4-6-19(18)28-2/h3-11,13H,1-2H3,(H,23,25)(H,24,26)/b15-11+. The number of carbonyl (C=O) groups excluding carboxylic acids is 1. The number of hydrogen-bond donors (Lipinski definition) is 2. The van der Waals surface area contributed by atoms with Crippen molar-refractivity contribution in [2.75, 3.05) is 19.5 Å². The Morgan fingerprint density at radius 1 is 1.14 bits per heavy atom. The fourth-order valence-electron chi connectivity index (χ4n) is 2.64. The van der Waals surface area contributed by atoms with Crippen LogP contribution in [0.15, 0.2) is 60.3 Å². The molecule has 1 aromatic heterocycles. The van der Waals surface area contributed by atoms with Crippen LogP contribution in [0.5, 0.6) is 11.5 Å². The maximum atomic E-state index is 12.6. The van der Waals surface area contributed by atoms with Gasteiger partial charge in [0, 0.05) is 11.1 Å². The summed E-state index contributed by atoms with van der Waals surface area (Å²) in [6.07, 6.45) is 3.06. The third-order valence-corrected chi connectivity index (χ3v) is 4.07. The average molecular weight is 374 g/mol. The number of para-hydroxylation sites is 2. The zero-order chi connectivity index (χ0) is 19.9. The molecule has 2 N–H and O–H groups in total. The molecule has 0 spiro atoms. The van der Waals surface area contributed by atoms with E-state index in [0.29, 0.717) is 22.7 Å². The molecular weight excluding hydrogens is 356 g/mol. The number of methoxy groups -OCH3 is 2. The van der Waals surface area contributed by atoms with Gasteiger partial charge < -0.3 is 14.8 Å². The summed E-state index contributed by atoms with van der Waals surface area (Å²) >= 11 is 0. The number of nitrogens with one attached hydrogen (secondary N) is 2. The maximum absolute atomic E-state index is 12.6. The van der Waals surface area contributed by atoms with Crippen LogP contribution in [-0.4, -0.2) is 30.3 Å². The van der Waals surface area contributed by atoms with Crippen molar-refractivity contribution in [2.24, 2.45) is 0 Å². The van der Waals surface area contributed by atoms with Crippen LogP contribution in [0.3, 0.4) is 0 Å². The number of benzene rings is 2. The molecule has 0 aliphatic rings. The molecule has 7 nitrogen and oxygen atoms in total. The van der Waals surface area contributed by atoms with Crippen molar-refractivity contribution in [1.82, 2.24) is 10.2 Å². The third kappa shape index (κ3) is 4.02. The highest BCUT2D eigenvalue weighted by molar-refractivity contribution is 6.10. The van der Waals surface area contributed by atoms with E-state index in [1.54, 1.807) is 37.6 Å². The molecule has 0 radical (unpaired) electrons. The van der Waals surface area contributed by atoms with Gasteiger partial charge in [-0.25, -0.2) is 0 Å². The smallest absolute Gasteiger partial charge is 0.266 e. The zero-order valence-corrected chi connectivity index (χ0v) is 15.4. The summed E-state index contributed by atoms with van der Waals surface area (Å²) < 4.78 is 10.4. The van der Waals surface area contributed by atoms with Gasteiger partial charge in [0.05, 0.1) is 31.8 Å². The molecule has 3 rings (SSSR count). The molecule has 3 aromatic rings. The van der Waals surface area contributed by atoms with Crippen LogP contribution < -0.4 is 14.8 Å². The Kier molecular flexibility index (Phi) is 5.72. The Labute approximate surface area is 162 Å². The predicted molar refractivity (Wildman–Crippen MR) is 106 cm³/mol. The van der Waals surface area contributed by atoms with E-state index in [1.165, 1.54) is 13.2 Å². The topological polar surface area (TPSA) is 100 Å². The van der Waals surface area contributed by atoms with Gasteiger partial charge in [0.1, 0.15) is 23.1 Å². The fraction of sp³-hybridized carbons (Fsp3) is 0.0952. The lowest BCUT2D eigenvalue weighted by Gasteiger charge is -2.09. The monoisotopic (exact) mass is 374 g/mol. The van der Waals surface area contributed by atoms with E-state index in [0.717, 1.165) is 11.3 Å². The molecule has 7 heteroatoms. The summed E-state index contributed by atoms with van der Waals surface area (Å²) in [5.74, 6) is 0.707. The Morgan fingerprint density at radius 2 is 1.89 bits per heavy atom. The number of carbonyl (C=O) groups is 1. The van der Waals surface area contributed by atoms with Crippen molar-refractivity contribution in [1.29, 1.82) is 5.26 Å². The van der Waals surface area contributed by atoms with E-state index in [-0.39, 0.29) is 5.57 Å². The first-order valence-corrected chi connectivity index (χ1v) is 8.40. The lowest BCUT2D eigenvalue weighted by Crippen LogP contribution is -2.14. The summed E-state index contributed by atoms with van der Waals surface area (Å²) in [4.78, 5) is 12.6. The van der Waals surface area contributed by atoms with Gasteiger partial charge in [0.25, 0.3) is 5.91 Å². The molecule has 1 amide bonds. The van der Waals surface area contributed by atoms with E-state index in [2.05, 4.69) is 15.5 Å². The summed E-state index contributed by atoms with van der Waals surface area (Å²) in [5, 5.41) is 19.1. The van der Waals surface area contributed by atoms with E-state index in [1.807, 2.05) is 30.3 Å². The van der Waals surface area contributed by atoms with Crippen LogP contribution in [-0.2, 0) is 4.79 Å². The molecule has 2 aromatic carbocycles. The number of rotatable bonds is 6. The third-order valence-electron chi connectivity index (χ3n) is 4.07. The Bertz CT molecular complexity index is 1050. The highest BCUT2D eigenvalue weighted by Crippen LogP contribution is 2.26. The molecule has 0 bridgehead atoms. The summed E-state index contributed by atoms with van der Waals surface area (Å²) in [5.41, 5.74) is 2.60. The van der Waals surface area contributed by atoms with Crippen molar-refractivity contribution < 1.29 is 14.3 Å². The molecule has 1 heterocycles. The first-order valence-electron chi connectivity index (χ1n) is 8.40. The van der Waals surface area contributed by atoms with Gasteiger partial charge >= 0.3 is 0 Å². The number of ether oxygens (including phenoxy) is 2. The van der Waals surface area contributed by atoms with Gasteiger partial charge in [0.15, 0.2) is 0 Å². The molecule has 0 atom stereocenters. The minimum atomic E-state index is -0.533. The first kappa shape index (κ1) is 18.7. The molecule has 0 saturated heterocycles. The van der Waals surface area contributed by atoms with Crippen LogP contribution in [0.25, 0.3) is 17.3 Å². The summed E-state index contributed by atoms with van der Waals surface area (Å²) in [6.45, 7) is 0. The second-order valence-corrected chi connectivity index (χ2v) is 5.75. The number of anilines is 1. The number of aromatic amines is 1. The molecular formula is C21H18N4O3. The Morgan fingerprint density at radius 3 is 2.57 bits per heavy atom. The summed E-state index contributed by atoms with van der Waals surface area (Å²) in [7, 11) is 3.11. The van der Waals surface area contributed by atoms with Crippen molar-refractivity contribution >= 4 is 17.7 Å². The second-order valence-electron chi connectivity index (χ2n) is 5.75. The van der Waals surface area contributed by atoms with Crippen molar-refractivity contribution in [3.05, 3.63) is 65.9 Å². The van der Waals surface area contributed by atoms with Crippen LogP contribution in [0.4, 0.5) is 5.69 Å². The Balaban J connectivity index is 1.88. The number of H-pyrrole nitrogens is 1. The summed E-state index contributed by atoms with van der Waals surface area (Å²) in [6, 6.07) is 16.3. The van der Waals surface area contributed by atoms with Gasteiger partial charge in [-0.05, 0) is 42.5 Å². The number of aromatic nitrogens is 2. The zero-order valence-electron chi connectivity index (χ0n) is 15.4.